The molecular formula is C14H9Cl3O. The highest BCUT2D eigenvalue weighted by Gasteiger charge is 2.14. The molecule has 92 valence electrons. The average Bonchev–Trinajstić information content (AvgIpc) is 2.35. The Morgan fingerprint density at radius 2 is 1.67 bits per heavy atom. The lowest BCUT2D eigenvalue weighted by molar-refractivity contribution is 0.0993. The first-order chi connectivity index (χ1) is 8.58. The molecule has 0 bridgehead atoms. The average molecular weight is 300 g/mol. The van der Waals surface area contributed by atoms with Crippen LogP contribution in [0, 0.1) is 0 Å². The normalized spacial score (nSPS) is 10.4. The molecule has 0 saturated carbocycles. The Balaban J connectivity index is 2.30. The lowest BCUT2D eigenvalue weighted by Gasteiger charge is -2.06. The van der Waals surface area contributed by atoms with Gasteiger partial charge in [-0.15, -0.1) is 0 Å². The maximum atomic E-state index is 12.1. The lowest BCUT2D eigenvalue weighted by Crippen LogP contribution is -2.04. The predicted octanol–water partition coefficient (Wildman–Crippen LogP) is 5.07. The highest BCUT2D eigenvalue weighted by Crippen LogP contribution is 2.30. The minimum absolute atomic E-state index is 0.101. The van der Waals surface area contributed by atoms with Gasteiger partial charge in [-0.2, -0.15) is 0 Å². The van der Waals surface area contributed by atoms with Crippen molar-refractivity contribution in [2.75, 3.05) is 0 Å². The molecule has 0 aromatic heterocycles. The van der Waals surface area contributed by atoms with Crippen molar-refractivity contribution in [2.45, 2.75) is 6.42 Å². The van der Waals surface area contributed by atoms with Gasteiger partial charge in [-0.05, 0) is 17.7 Å². The van der Waals surface area contributed by atoms with Gasteiger partial charge in [-0.25, -0.2) is 0 Å². The fourth-order valence-corrected chi connectivity index (χ4v) is 2.34. The fraction of sp³-hybridized carbons (Fsp3) is 0.0714. The van der Waals surface area contributed by atoms with Crippen molar-refractivity contribution in [3.63, 3.8) is 0 Å². The van der Waals surface area contributed by atoms with Crippen LogP contribution < -0.4 is 0 Å². The summed E-state index contributed by atoms with van der Waals surface area (Å²) in [5.41, 5.74) is 1.28. The van der Waals surface area contributed by atoms with Crippen molar-refractivity contribution in [2.24, 2.45) is 0 Å². The summed E-state index contributed by atoms with van der Waals surface area (Å²) in [6.45, 7) is 0. The van der Waals surface area contributed by atoms with Crippen LogP contribution >= 0.6 is 34.8 Å². The van der Waals surface area contributed by atoms with Gasteiger partial charge in [-0.3, -0.25) is 4.79 Å². The Bertz CT molecular complexity index is 579. The van der Waals surface area contributed by atoms with Gasteiger partial charge in [0.25, 0.3) is 0 Å². The molecule has 0 spiro atoms. The molecule has 18 heavy (non-hydrogen) atoms. The monoisotopic (exact) mass is 298 g/mol. The van der Waals surface area contributed by atoms with Gasteiger partial charge in [0.2, 0.25) is 0 Å². The number of carbonyl (C=O) groups excluding carboxylic acids is 1. The molecule has 1 nitrogen and oxygen atoms in total. The molecule has 0 aliphatic rings. The third-order valence-corrected chi connectivity index (χ3v) is 3.52. The predicted molar refractivity (Wildman–Crippen MR) is 75.9 cm³/mol. The van der Waals surface area contributed by atoms with Crippen LogP contribution in [0.4, 0.5) is 0 Å². The summed E-state index contributed by atoms with van der Waals surface area (Å²) in [5.74, 6) is -0.101. The van der Waals surface area contributed by atoms with Crippen LogP contribution in [-0.2, 0) is 6.42 Å². The van der Waals surface area contributed by atoms with Crippen LogP contribution in [0.15, 0.2) is 42.5 Å². The fourth-order valence-electron chi connectivity index (χ4n) is 1.64. The third-order valence-electron chi connectivity index (χ3n) is 2.50. The smallest absolute Gasteiger partial charge is 0.168 e. The summed E-state index contributed by atoms with van der Waals surface area (Å²) in [6.07, 6.45) is 0.275. The quantitative estimate of drug-likeness (QED) is 0.571. The maximum absolute atomic E-state index is 12.1. The van der Waals surface area contributed by atoms with Gasteiger partial charge in [0.1, 0.15) is 0 Å². The summed E-state index contributed by atoms with van der Waals surface area (Å²) in [5, 5.41) is 0.948. The van der Waals surface area contributed by atoms with E-state index in [2.05, 4.69) is 0 Å². The van der Waals surface area contributed by atoms with Crippen LogP contribution in [0.2, 0.25) is 15.1 Å². The van der Waals surface area contributed by atoms with Crippen LogP contribution in [0.1, 0.15) is 15.9 Å². The number of hydrogen-bond acceptors (Lipinski definition) is 1. The van der Waals surface area contributed by atoms with E-state index >= 15 is 0 Å². The summed E-state index contributed by atoms with van der Waals surface area (Å²) < 4.78 is 0. The highest BCUT2D eigenvalue weighted by atomic mass is 35.5. The van der Waals surface area contributed by atoms with Crippen molar-refractivity contribution >= 4 is 40.6 Å². The minimum Gasteiger partial charge on any atom is -0.294 e. The SMILES string of the molecule is O=C(Cc1ccccc1)c1cc(Cl)cc(Cl)c1Cl. The molecule has 0 aliphatic carbocycles. The van der Waals surface area contributed by atoms with E-state index in [1.54, 1.807) is 6.07 Å². The van der Waals surface area contributed by atoms with Crippen molar-refractivity contribution in [3.05, 3.63) is 68.7 Å². The van der Waals surface area contributed by atoms with E-state index in [0.29, 0.717) is 15.6 Å². The Labute approximate surface area is 120 Å². The molecule has 0 atom stereocenters. The Morgan fingerprint density at radius 1 is 1.00 bits per heavy atom. The van der Waals surface area contributed by atoms with Crippen molar-refractivity contribution in [1.29, 1.82) is 0 Å². The Kier molecular flexibility index (Phi) is 4.28. The number of benzene rings is 2. The zero-order chi connectivity index (χ0) is 13.1. The van der Waals surface area contributed by atoms with Gasteiger partial charge in [0, 0.05) is 17.0 Å². The molecule has 0 radical (unpaired) electrons. The molecular weight excluding hydrogens is 291 g/mol. The molecule has 2 aromatic rings. The summed E-state index contributed by atoms with van der Waals surface area (Å²) in [7, 11) is 0. The maximum Gasteiger partial charge on any atom is 0.168 e. The number of hydrogen-bond donors (Lipinski definition) is 0. The summed E-state index contributed by atoms with van der Waals surface area (Å²) in [4.78, 5) is 12.1. The number of carbonyl (C=O) groups is 1. The zero-order valence-electron chi connectivity index (χ0n) is 9.29. The standard InChI is InChI=1S/C14H9Cl3O/c15-10-7-11(14(17)12(16)8-10)13(18)6-9-4-2-1-3-5-9/h1-5,7-8H,6H2. The highest BCUT2D eigenvalue weighted by molar-refractivity contribution is 6.45. The number of halogens is 3. The van der Waals surface area contributed by atoms with Gasteiger partial charge < -0.3 is 0 Å². The van der Waals surface area contributed by atoms with E-state index in [0.717, 1.165) is 5.56 Å². The van der Waals surface area contributed by atoms with E-state index in [1.807, 2.05) is 30.3 Å². The molecule has 2 rings (SSSR count). The van der Waals surface area contributed by atoms with Crippen molar-refractivity contribution in [3.8, 4) is 0 Å². The second kappa shape index (κ2) is 5.75. The van der Waals surface area contributed by atoms with Gasteiger partial charge >= 0.3 is 0 Å². The van der Waals surface area contributed by atoms with Crippen LogP contribution in [-0.4, -0.2) is 5.78 Å². The van der Waals surface area contributed by atoms with Gasteiger partial charge in [0.15, 0.2) is 5.78 Å². The van der Waals surface area contributed by atoms with E-state index in [4.69, 9.17) is 34.8 Å². The van der Waals surface area contributed by atoms with E-state index < -0.39 is 0 Å². The molecule has 0 saturated heterocycles. The third kappa shape index (κ3) is 3.05. The first-order valence-corrected chi connectivity index (χ1v) is 6.43. The van der Waals surface area contributed by atoms with Crippen LogP contribution in [0.5, 0.6) is 0 Å². The molecule has 0 heterocycles. The Morgan fingerprint density at radius 3 is 2.33 bits per heavy atom. The molecule has 4 heteroatoms. The number of rotatable bonds is 3. The minimum atomic E-state index is -0.101. The Hall–Kier alpha value is -1.02. The molecule has 0 fully saturated rings. The van der Waals surface area contributed by atoms with Crippen LogP contribution in [0.25, 0.3) is 0 Å². The van der Waals surface area contributed by atoms with E-state index in [9.17, 15) is 4.79 Å². The van der Waals surface area contributed by atoms with Crippen molar-refractivity contribution < 1.29 is 4.79 Å². The number of ketones is 1. The second-order valence-corrected chi connectivity index (χ2v) is 5.06. The molecule has 0 unspecified atom stereocenters. The number of Topliss-reactive ketones (excluding diaryl/α,β-unsaturated/α-hetero) is 1. The van der Waals surface area contributed by atoms with Gasteiger partial charge in [0.05, 0.1) is 10.0 Å². The molecule has 0 aliphatic heterocycles. The molecule has 2 aromatic carbocycles. The molecule has 0 amide bonds. The first-order valence-electron chi connectivity index (χ1n) is 5.29. The van der Waals surface area contributed by atoms with Crippen molar-refractivity contribution in [1.82, 2.24) is 0 Å². The largest absolute Gasteiger partial charge is 0.294 e. The second-order valence-electron chi connectivity index (χ2n) is 3.83. The zero-order valence-corrected chi connectivity index (χ0v) is 11.6. The topological polar surface area (TPSA) is 17.1 Å². The summed E-state index contributed by atoms with van der Waals surface area (Å²) >= 11 is 17.8. The van der Waals surface area contributed by atoms with E-state index in [1.165, 1.54) is 6.07 Å². The van der Waals surface area contributed by atoms with E-state index in [-0.39, 0.29) is 17.2 Å². The lowest BCUT2D eigenvalue weighted by atomic mass is 10.0. The first kappa shape index (κ1) is 13.4. The van der Waals surface area contributed by atoms with Crippen LogP contribution in [0.3, 0.4) is 0 Å². The summed E-state index contributed by atoms with van der Waals surface area (Å²) in [6, 6.07) is 12.5. The molecule has 0 N–H and O–H groups in total. The van der Waals surface area contributed by atoms with Gasteiger partial charge in [-0.1, -0.05) is 65.1 Å².